The summed E-state index contributed by atoms with van der Waals surface area (Å²) in [5.41, 5.74) is 2.22. The van der Waals surface area contributed by atoms with Gasteiger partial charge in [-0.1, -0.05) is 42.7 Å². The SMILES string of the molecule is C=CC(=O)c1ccc(-n2cccn2)c(C#CC2C=CC=CC2)c1. The van der Waals surface area contributed by atoms with Crippen LogP contribution in [-0.2, 0) is 0 Å². The van der Waals surface area contributed by atoms with Gasteiger partial charge in [-0.3, -0.25) is 4.79 Å². The number of aromatic nitrogens is 2. The van der Waals surface area contributed by atoms with Crippen LogP contribution in [0, 0.1) is 17.8 Å². The molecule has 1 aromatic carbocycles. The fraction of sp³-hybridized carbons (Fsp3) is 0.100. The molecular weight excluding hydrogens is 284 g/mol. The molecule has 0 aliphatic heterocycles. The van der Waals surface area contributed by atoms with Gasteiger partial charge >= 0.3 is 0 Å². The zero-order valence-electron chi connectivity index (χ0n) is 12.6. The Morgan fingerprint density at radius 1 is 1.39 bits per heavy atom. The highest BCUT2D eigenvalue weighted by atomic mass is 16.1. The molecular formula is C20H16N2O. The van der Waals surface area contributed by atoms with Crippen molar-refractivity contribution in [1.29, 1.82) is 0 Å². The molecule has 0 saturated carbocycles. The van der Waals surface area contributed by atoms with Gasteiger partial charge in [0, 0.05) is 23.9 Å². The van der Waals surface area contributed by atoms with E-state index in [-0.39, 0.29) is 11.7 Å². The highest BCUT2D eigenvalue weighted by Crippen LogP contribution is 2.17. The summed E-state index contributed by atoms with van der Waals surface area (Å²) in [6.07, 6.45) is 14.0. The van der Waals surface area contributed by atoms with Crippen molar-refractivity contribution in [3.63, 3.8) is 0 Å². The molecule has 0 bridgehead atoms. The molecule has 3 rings (SSSR count). The second kappa shape index (κ2) is 6.76. The van der Waals surface area contributed by atoms with Gasteiger partial charge in [0.2, 0.25) is 0 Å². The lowest BCUT2D eigenvalue weighted by atomic mass is 10.00. The molecule has 0 spiro atoms. The van der Waals surface area contributed by atoms with E-state index in [0.717, 1.165) is 17.7 Å². The topological polar surface area (TPSA) is 34.9 Å². The van der Waals surface area contributed by atoms with E-state index in [0.29, 0.717) is 5.56 Å². The zero-order valence-corrected chi connectivity index (χ0v) is 12.6. The zero-order chi connectivity index (χ0) is 16.1. The van der Waals surface area contributed by atoms with E-state index in [1.165, 1.54) is 6.08 Å². The highest BCUT2D eigenvalue weighted by molar-refractivity contribution is 6.04. The third kappa shape index (κ3) is 3.38. The Kier molecular flexibility index (Phi) is 4.35. The molecule has 1 unspecified atom stereocenters. The van der Waals surface area contributed by atoms with Crippen molar-refractivity contribution in [2.45, 2.75) is 6.42 Å². The Bertz CT molecular complexity index is 846. The summed E-state index contributed by atoms with van der Waals surface area (Å²) >= 11 is 0. The predicted molar refractivity (Wildman–Crippen MR) is 91.4 cm³/mol. The second-order valence-corrected chi connectivity index (χ2v) is 5.18. The molecule has 1 atom stereocenters. The Balaban J connectivity index is 2.02. The average Bonchev–Trinajstić information content (AvgIpc) is 3.14. The number of nitrogens with zero attached hydrogens (tertiary/aromatic N) is 2. The Morgan fingerprint density at radius 2 is 2.30 bits per heavy atom. The minimum absolute atomic E-state index is 0.111. The van der Waals surface area contributed by atoms with E-state index < -0.39 is 0 Å². The first-order valence-electron chi connectivity index (χ1n) is 7.43. The van der Waals surface area contributed by atoms with Crippen LogP contribution in [0.3, 0.4) is 0 Å². The van der Waals surface area contributed by atoms with Crippen molar-refractivity contribution in [3.05, 3.63) is 84.7 Å². The van der Waals surface area contributed by atoms with Gasteiger partial charge in [0.25, 0.3) is 0 Å². The molecule has 1 aromatic heterocycles. The van der Waals surface area contributed by atoms with Crippen molar-refractivity contribution >= 4 is 5.78 Å². The molecule has 0 N–H and O–H groups in total. The minimum atomic E-state index is -0.111. The third-order valence-corrected chi connectivity index (χ3v) is 3.59. The maximum absolute atomic E-state index is 11.9. The largest absolute Gasteiger partial charge is 0.289 e. The summed E-state index contributed by atoms with van der Waals surface area (Å²) in [6, 6.07) is 7.30. The first kappa shape index (κ1) is 14.8. The maximum Gasteiger partial charge on any atom is 0.185 e. The molecule has 0 fully saturated rings. The Hall–Kier alpha value is -3.12. The van der Waals surface area contributed by atoms with Crippen molar-refractivity contribution in [2.75, 3.05) is 0 Å². The molecule has 0 radical (unpaired) electrons. The summed E-state index contributed by atoms with van der Waals surface area (Å²) in [7, 11) is 0. The van der Waals surface area contributed by atoms with E-state index in [1.807, 2.05) is 30.5 Å². The molecule has 112 valence electrons. The molecule has 1 heterocycles. The van der Waals surface area contributed by atoms with Gasteiger partial charge in [-0.05, 0) is 36.8 Å². The molecule has 3 nitrogen and oxygen atoms in total. The van der Waals surface area contributed by atoms with Gasteiger partial charge in [-0.2, -0.15) is 5.10 Å². The lowest BCUT2D eigenvalue weighted by Crippen LogP contribution is -2.02. The first-order valence-corrected chi connectivity index (χ1v) is 7.43. The Labute approximate surface area is 135 Å². The lowest BCUT2D eigenvalue weighted by molar-refractivity contribution is 0.104. The average molecular weight is 300 g/mol. The molecule has 3 heteroatoms. The van der Waals surface area contributed by atoms with Gasteiger partial charge in [0.15, 0.2) is 5.78 Å². The standard InChI is InChI=1S/C20H16N2O/c1-2-20(23)18-11-12-19(22-14-6-13-21-22)17(15-18)10-9-16-7-4-3-5-8-16/h2-7,11-16H,1,8H2. The van der Waals surface area contributed by atoms with E-state index in [2.05, 4.69) is 35.7 Å². The quantitative estimate of drug-likeness (QED) is 0.492. The lowest BCUT2D eigenvalue weighted by Gasteiger charge is -2.08. The van der Waals surface area contributed by atoms with Gasteiger partial charge in [-0.15, -0.1) is 0 Å². The monoisotopic (exact) mass is 300 g/mol. The number of hydrogen-bond donors (Lipinski definition) is 0. The predicted octanol–water partition coefficient (Wildman–Crippen LogP) is 3.72. The number of hydrogen-bond acceptors (Lipinski definition) is 2. The summed E-state index contributed by atoms with van der Waals surface area (Å²) in [6.45, 7) is 3.54. The highest BCUT2D eigenvalue weighted by Gasteiger charge is 2.08. The van der Waals surface area contributed by atoms with E-state index in [4.69, 9.17) is 0 Å². The van der Waals surface area contributed by atoms with E-state index in [9.17, 15) is 4.79 Å². The maximum atomic E-state index is 11.9. The van der Waals surface area contributed by atoms with Crippen LogP contribution in [-0.4, -0.2) is 15.6 Å². The number of benzene rings is 1. The summed E-state index contributed by atoms with van der Waals surface area (Å²) < 4.78 is 1.75. The van der Waals surface area contributed by atoms with Crippen LogP contribution in [0.1, 0.15) is 22.3 Å². The molecule has 2 aromatic rings. The summed E-state index contributed by atoms with van der Waals surface area (Å²) in [4.78, 5) is 11.9. The molecule has 0 amide bonds. The normalized spacial score (nSPS) is 15.7. The molecule has 0 saturated heterocycles. The first-order chi connectivity index (χ1) is 11.3. The second-order valence-electron chi connectivity index (χ2n) is 5.18. The van der Waals surface area contributed by atoms with Gasteiger partial charge in [0.05, 0.1) is 11.3 Å². The molecule has 23 heavy (non-hydrogen) atoms. The van der Waals surface area contributed by atoms with Crippen LogP contribution in [0.15, 0.2) is 73.6 Å². The van der Waals surface area contributed by atoms with Crippen LogP contribution >= 0.6 is 0 Å². The van der Waals surface area contributed by atoms with E-state index in [1.54, 1.807) is 23.0 Å². The summed E-state index contributed by atoms with van der Waals surface area (Å²) in [5, 5.41) is 4.26. The molecule has 1 aliphatic carbocycles. The van der Waals surface area contributed by atoms with Gasteiger partial charge in [-0.25, -0.2) is 4.68 Å². The summed E-state index contributed by atoms with van der Waals surface area (Å²) in [5.74, 6) is 6.55. The minimum Gasteiger partial charge on any atom is -0.289 e. The van der Waals surface area contributed by atoms with Crippen LogP contribution in [0.25, 0.3) is 5.69 Å². The van der Waals surface area contributed by atoms with Crippen molar-refractivity contribution in [3.8, 4) is 17.5 Å². The number of allylic oxidation sites excluding steroid dienone is 5. The number of carbonyl (C=O) groups excluding carboxylic acids is 1. The number of carbonyl (C=O) groups is 1. The molecule has 1 aliphatic rings. The van der Waals surface area contributed by atoms with E-state index >= 15 is 0 Å². The van der Waals surface area contributed by atoms with Crippen LogP contribution in [0.4, 0.5) is 0 Å². The number of rotatable bonds is 3. The van der Waals surface area contributed by atoms with Crippen molar-refractivity contribution < 1.29 is 4.79 Å². The Morgan fingerprint density at radius 3 is 3.00 bits per heavy atom. The fourth-order valence-corrected chi connectivity index (χ4v) is 2.38. The van der Waals surface area contributed by atoms with Gasteiger partial charge < -0.3 is 0 Å². The van der Waals surface area contributed by atoms with Crippen LogP contribution < -0.4 is 0 Å². The van der Waals surface area contributed by atoms with Crippen molar-refractivity contribution in [2.24, 2.45) is 5.92 Å². The van der Waals surface area contributed by atoms with Crippen LogP contribution in [0.5, 0.6) is 0 Å². The number of ketones is 1. The smallest absolute Gasteiger partial charge is 0.185 e. The van der Waals surface area contributed by atoms with Crippen LogP contribution in [0.2, 0.25) is 0 Å². The fourth-order valence-electron chi connectivity index (χ4n) is 2.38. The van der Waals surface area contributed by atoms with Crippen molar-refractivity contribution in [1.82, 2.24) is 9.78 Å². The third-order valence-electron chi connectivity index (χ3n) is 3.59. The van der Waals surface area contributed by atoms with Gasteiger partial charge in [0.1, 0.15) is 0 Å².